The van der Waals surface area contributed by atoms with Gasteiger partial charge < -0.3 is 19.0 Å². The third-order valence-corrected chi connectivity index (χ3v) is 5.76. The van der Waals surface area contributed by atoms with Crippen LogP contribution in [-0.2, 0) is 16.0 Å². The first kappa shape index (κ1) is 20.6. The maximum absolute atomic E-state index is 13.0. The van der Waals surface area contributed by atoms with Crippen molar-refractivity contribution in [3.8, 4) is 0 Å². The third-order valence-electron chi connectivity index (χ3n) is 5.76. The van der Waals surface area contributed by atoms with Gasteiger partial charge in [0.15, 0.2) is 0 Å². The van der Waals surface area contributed by atoms with Crippen molar-refractivity contribution in [3.63, 3.8) is 0 Å². The van der Waals surface area contributed by atoms with E-state index in [9.17, 15) is 4.79 Å². The minimum Gasteiger partial charge on any atom is -0.469 e. The number of piperidine rings is 1. The Balaban J connectivity index is 1.63. The lowest BCUT2D eigenvalue weighted by molar-refractivity contribution is -0.138. The Morgan fingerprint density at radius 2 is 1.89 bits per heavy atom. The van der Waals surface area contributed by atoms with Crippen LogP contribution in [0.15, 0.2) is 53.1 Å². The Kier molecular flexibility index (Phi) is 6.92. The van der Waals surface area contributed by atoms with Gasteiger partial charge in [-0.3, -0.25) is 4.79 Å². The summed E-state index contributed by atoms with van der Waals surface area (Å²) in [6, 6.07) is 14.2. The Bertz CT molecular complexity index is 720. The van der Waals surface area contributed by atoms with Crippen LogP contribution in [0, 0.1) is 0 Å². The molecule has 0 radical (unpaired) electrons. The smallest absolute Gasteiger partial charge is 0.223 e. The van der Waals surface area contributed by atoms with Gasteiger partial charge in [-0.25, -0.2) is 0 Å². The van der Waals surface area contributed by atoms with Gasteiger partial charge in [0.1, 0.15) is 5.76 Å². The number of ether oxygens (including phenoxy) is 1. The van der Waals surface area contributed by atoms with E-state index in [1.807, 2.05) is 35.2 Å². The molecule has 1 aliphatic heterocycles. The van der Waals surface area contributed by atoms with Crippen LogP contribution < -0.4 is 0 Å². The molecule has 1 saturated heterocycles. The second-order valence-corrected chi connectivity index (χ2v) is 8.11. The Morgan fingerprint density at radius 3 is 2.46 bits per heavy atom. The van der Waals surface area contributed by atoms with Crippen molar-refractivity contribution in [2.45, 2.75) is 37.2 Å². The number of likely N-dealkylation sites (tertiary alicyclic amines) is 1. The molecule has 0 spiro atoms. The number of furan rings is 1. The number of benzene rings is 1. The summed E-state index contributed by atoms with van der Waals surface area (Å²) in [6.45, 7) is 2.38. The molecule has 2 aromatic rings. The summed E-state index contributed by atoms with van der Waals surface area (Å²) in [5.74, 6) is 1.14. The number of hydrogen-bond acceptors (Lipinski definition) is 4. The molecular weight excluding hydrogens is 352 g/mol. The normalized spacial score (nSPS) is 17.6. The van der Waals surface area contributed by atoms with E-state index in [1.54, 1.807) is 13.4 Å². The number of rotatable bonds is 8. The molecule has 0 N–H and O–H groups in total. The Labute approximate surface area is 168 Å². The van der Waals surface area contributed by atoms with Crippen LogP contribution in [0.5, 0.6) is 0 Å². The molecule has 1 fully saturated rings. The van der Waals surface area contributed by atoms with Gasteiger partial charge in [-0.2, -0.15) is 0 Å². The number of nitrogens with zero attached hydrogens (tertiary/aromatic N) is 2. The molecule has 0 aliphatic carbocycles. The lowest BCUT2D eigenvalue weighted by Crippen LogP contribution is -2.52. The number of carbonyl (C=O) groups excluding carboxylic acids is 1. The Morgan fingerprint density at radius 1 is 1.18 bits per heavy atom. The van der Waals surface area contributed by atoms with Crippen LogP contribution in [0.25, 0.3) is 0 Å². The lowest BCUT2D eigenvalue weighted by atomic mass is 9.89. The van der Waals surface area contributed by atoms with Crippen LogP contribution >= 0.6 is 0 Å². The second-order valence-electron chi connectivity index (χ2n) is 8.11. The van der Waals surface area contributed by atoms with Crippen molar-refractivity contribution in [3.05, 3.63) is 60.1 Å². The van der Waals surface area contributed by atoms with Crippen LogP contribution in [0.3, 0.4) is 0 Å². The maximum Gasteiger partial charge on any atom is 0.223 e. The molecule has 1 aromatic carbocycles. The number of hydrogen-bond donors (Lipinski definition) is 0. The number of likely N-dealkylation sites (N-methyl/N-ethyl adjacent to an activating group) is 1. The van der Waals surface area contributed by atoms with E-state index in [4.69, 9.17) is 9.15 Å². The summed E-state index contributed by atoms with van der Waals surface area (Å²) in [7, 11) is 5.92. The van der Waals surface area contributed by atoms with Crippen LogP contribution in [0.2, 0.25) is 0 Å². The van der Waals surface area contributed by atoms with Crippen molar-refractivity contribution in [1.29, 1.82) is 0 Å². The predicted molar refractivity (Wildman–Crippen MR) is 110 cm³/mol. The number of amides is 1. The number of methoxy groups -OCH3 is 1. The van der Waals surface area contributed by atoms with Gasteiger partial charge in [-0.1, -0.05) is 30.3 Å². The quantitative estimate of drug-likeness (QED) is 0.698. The van der Waals surface area contributed by atoms with E-state index >= 15 is 0 Å². The first-order valence-corrected chi connectivity index (χ1v) is 10.1. The van der Waals surface area contributed by atoms with Crippen molar-refractivity contribution < 1.29 is 13.9 Å². The van der Waals surface area contributed by atoms with E-state index in [0.29, 0.717) is 6.42 Å². The molecule has 1 unspecified atom stereocenters. The first-order valence-electron chi connectivity index (χ1n) is 10.1. The van der Waals surface area contributed by atoms with E-state index < -0.39 is 0 Å². The SMILES string of the molecule is COC1(CN(C)C)CCN(C(=O)CC(Cc2ccccc2)c2ccco2)CC1. The van der Waals surface area contributed by atoms with Crippen LogP contribution in [-0.4, -0.2) is 62.1 Å². The summed E-state index contributed by atoms with van der Waals surface area (Å²) in [4.78, 5) is 17.2. The molecule has 28 heavy (non-hydrogen) atoms. The zero-order valence-electron chi connectivity index (χ0n) is 17.3. The third kappa shape index (κ3) is 5.24. The van der Waals surface area contributed by atoms with Crippen LogP contribution in [0.1, 0.15) is 36.5 Å². The van der Waals surface area contributed by atoms with Gasteiger partial charge >= 0.3 is 0 Å². The zero-order chi connectivity index (χ0) is 20.0. The van der Waals surface area contributed by atoms with E-state index in [2.05, 4.69) is 31.1 Å². The largest absolute Gasteiger partial charge is 0.469 e. The molecule has 3 rings (SSSR count). The molecule has 5 nitrogen and oxygen atoms in total. The molecule has 1 aromatic heterocycles. The zero-order valence-corrected chi connectivity index (χ0v) is 17.3. The molecule has 152 valence electrons. The minimum atomic E-state index is -0.148. The lowest BCUT2D eigenvalue weighted by Gasteiger charge is -2.42. The maximum atomic E-state index is 13.0. The average molecular weight is 385 g/mol. The highest BCUT2D eigenvalue weighted by atomic mass is 16.5. The van der Waals surface area contributed by atoms with Gasteiger partial charge in [0.05, 0.1) is 11.9 Å². The summed E-state index contributed by atoms with van der Waals surface area (Å²) < 4.78 is 11.5. The van der Waals surface area contributed by atoms with Crippen molar-refractivity contribution in [2.75, 3.05) is 40.8 Å². The topological polar surface area (TPSA) is 45.9 Å². The molecule has 1 atom stereocenters. The Hall–Kier alpha value is -2.11. The van der Waals surface area contributed by atoms with E-state index in [-0.39, 0.29) is 17.4 Å². The monoisotopic (exact) mass is 384 g/mol. The van der Waals surface area contributed by atoms with Gasteiger partial charge in [0, 0.05) is 39.1 Å². The fraction of sp³-hybridized carbons (Fsp3) is 0.522. The molecule has 1 aliphatic rings. The van der Waals surface area contributed by atoms with Gasteiger partial charge in [-0.15, -0.1) is 0 Å². The highest BCUT2D eigenvalue weighted by Crippen LogP contribution is 2.30. The van der Waals surface area contributed by atoms with Gasteiger partial charge in [0.25, 0.3) is 0 Å². The fourth-order valence-electron chi connectivity index (χ4n) is 4.20. The van der Waals surface area contributed by atoms with E-state index in [0.717, 1.165) is 44.7 Å². The van der Waals surface area contributed by atoms with Gasteiger partial charge in [0.2, 0.25) is 5.91 Å². The molecule has 0 saturated carbocycles. The van der Waals surface area contributed by atoms with Crippen LogP contribution in [0.4, 0.5) is 0 Å². The second kappa shape index (κ2) is 9.39. The van der Waals surface area contributed by atoms with E-state index in [1.165, 1.54) is 5.56 Å². The summed E-state index contributed by atoms with van der Waals surface area (Å²) in [5.41, 5.74) is 1.07. The highest BCUT2D eigenvalue weighted by Gasteiger charge is 2.36. The standard InChI is InChI=1S/C23H32N2O3/c1-24(2)18-23(27-3)11-13-25(14-12-23)22(26)17-20(21-10-7-15-28-21)16-19-8-5-4-6-9-19/h4-10,15,20H,11-14,16-18H2,1-3H3. The molecule has 5 heteroatoms. The average Bonchev–Trinajstić information content (AvgIpc) is 3.23. The predicted octanol–water partition coefficient (Wildman–Crippen LogP) is 3.57. The summed E-state index contributed by atoms with van der Waals surface area (Å²) >= 11 is 0. The first-order chi connectivity index (χ1) is 13.5. The van der Waals surface area contributed by atoms with Gasteiger partial charge in [-0.05, 0) is 51.1 Å². The minimum absolute atomic E-state index is 0.0563. The van der Waals surface area contributed by atoms with Crippen molar-refractivity contribution in [1.82, 2.24) is 9.80 Å². The summed E-state index contributed by atoms with van der Waals surface area (Å²) in [5, 5.41) is 0. The molecule has 1 amide bonds. The molecular formula is C23H32N2O3. The highest BCUT2D eigenvalue weighted by molar-refractivity contribution is 5.77. The fourth-order valence-corrected chi connectivity index (χ4v) is 4.20. The molecule has 2 heterocycles. The summed E-state index contributed by atoms with van der Waals surface area (Å²) in [6.07, 6.45) is 4.70. The van der Waals surface area contributed by atoms with Crippen molar-refractivity contribution >= 4 is 5.91 Å². The molecule has 0 bridgehead atoms. The van der Waals surface area contributed by atoms with Crippen molar-refractivity contribution in [2.24, 2.45) is 0 Å². The number of carbonyl (C=O) groups is 1.